The maximum atomic E-state index is 11.6. The van der Waals surface area contributed by atoms with E-state index in [0.29, 0.717) is 28.3 Å². The highest BCUT2D eigenvalue weighted by Crippen LogP contribution is 2.21. The highest BCUT2D eigenvalue weighted by molar-refractivity contribution is 7.98. The van der Waals surface area contributed by atoms with E-state index in [1.165, 1.54) is 30.2 Å². The first-order valence-electron chi connectivity index (χ1n) is 7.81. The standard InChI is InChI=1S/C14H18N8O2S2/c1-10(2)8-21-14(16-18-19-21)25-9-13-15-17-20-22(13)11-4-6-12(7-5-11)26(3,23)24/h4-7,10H,8-9H2,1-3H3. The summed E-state index contributed by atoms with van der Waals surface area (Å²) in [6, 6.07) is 6.41. The molecule has 0 N–H and O–H groups in total. The molecule has 0 saturated carbocycles. The molecule has 0 aliphatic heterocycles. The van der Waals surface area contributed by atoms with E-state index in [2.05, 4.69) is 44.9 Å². The van der Waals surface area contributed by atoms with Crippen LogP contribution in [0.25, 0.3) is 5.69 Å². The van der Waals surface area contributed by atoms with Crippen molar-refractivity contribution in [3.8, 4) is 5.69 Å². The summed E-state index contributed by atoms with van der Waals surface area (Å²) in [5.41, 5.74) is 0.680. The van der Waals surface area contributed by atoms with E-state index in [1.807, 2.05) is 0 Å². The minimum atomic E-state index is -3.24. The predicted molar refractivity (Wildman–Crippen MR) is 94.5 cm³/mol. The topological polar surface area (TPSA) is 121 Å². The summed E-state index contributed by atoms with van der Waals surface area (Å²) in [5.74, 6) is 1.51. The maximum Gasteiger partial charge on any atom is 0.209 e. The lowest BCUT2D eigenvalue weighted by Crippen LogP contribution is -2.08. The van der Waals surface area contributed by atoms with Crippen LogP contribution in [0, 0.1) is 5.92 Å². The van der Waals surface area contributed by atoms with Crippen molar-refractivity contribution in [2.24, 2.45) is 5.92 Å². The predicted octanol–water partition coefficient (Wildman–Crippen LogP) is 1.00. The zero-order valence-corrected chi connectivity index (χ0v) is 16.1. The van der Waals surface area contributed by atoms with Crippen LogP contribution < -0.4 is 0 Å². The Morgan fingerprint density at radius 2 is 1.77 bits per heavy atom. The number of tetrazole rings is 2. The second kappa shape index (κ2) is 7.50. The van der Waals surface area contributed by atoms with Crippen LogP contribution in [0.15, 0.2) is 34.3 Å². The molecule has 0 fully saturated rings. The van der Waals surface area contributed by atoms with Gasteiger partial charge in [-0.25, -0.2) is 13.1 Å². The van der Waals surface area contributed by atoms with Gasteiger partial charge in [0, 0.05) is 12.8 Å². The van der Waals surface area contributed by atoms with Crippen LogP contribution in [0.5, 0.6) is 0 Å². The van der Waals surface area contributed by atoms with Crippen LogP contribution >= 0.6 is 11.8 Å². The van der Waals surface area contributed by atoms with E-state index in [4.69, 9.17) is 0 Å². The zero-order valence-electron chi connectivity index (χ0n) is 14.5. The number of thioether (sulfide) groups is 1. The van der Waals surface area contributed by atoms with Gasteiger partial charge >= 0.3 is 0 Å². The van der Waals surface area contributed by atoms with Gasteiger partial charge in [-0.1, -0.05) is 25.6 Å². The average molecular weight is 394 g/mol. The first kappa shape index (κ1) is 18.5. The van der Waals surface area contributed by atoms with Crippen LogP contribution in [0.2, 0.25) is 0 Å². The number of rotatable bonds is 7. The molecule has 0 bridgehead atoms. The third kappa shape index (κ3) is 4.25. The molecular weight excluding hydrogens is 376 g/mol. The second-order valence-corrected chi connectivity index (χ2v) is 9.06. The first-order valence-corrected chi connectivity index (χ1v) is 10.7. The van der Waals surface area contributed by atoms with Crippen molar-refractivity contribution in [2.75, 3.05) is 6.26 Å². The highest BCUT2D eigenvalue weighted by atomic mass is 32.2. The van der Waals surface area contributed by atoms with Crippen LogP contribution in [-0.2, 0) is 22.1 Å². The number of hydrogen-bond acceptors (Lipinski definition) is 9. The van der Waals surface area contributed by atoms with Crippen molar-refractivity contribution in [1.82, 2.24) is 40.4 Å². The van der Waals surface area contributed by atoms with Crippen molar-refractivity contribution in [3.63, 3.8) is 0 Å². The molecule has 10 nitrogen and oxygen atoms in total. The fourth-order valence-corrected chi connectivity index (χ4v) is 3.64. The molecule has 1 aromatic carbocycles. The van der Waals surface area contributed by atoms with Gasteiger partial charge in [-0.05, 0) is 51.0 Å². The van der Waals surface area contributed by atoms with Crippen molar-refractivity contribution in [1.29, 1.82) is 0 Å². The maximum absolute atomic E-state index is 11.6. The lowest BCUT2D eigenvalue weighted by molar-refractivity contribution is 0.445. The van der Waals surface area contributed by atoms with Gasteiger partial charge in [0.1, 0.15) is 0 Å². The van der Waals surface area contributed by atoms with Gasteiger partial charge in [-0.3, -0.25) is 0 Å². The lowest BCUT2D eigenvalue weighted by Gasteiger charge is -2.07. The summed E-state index contributed by atoms with van der Waals surface area (Å²) in [6.45, 7) is 4.92. The Hall–Kier alpha value is -2.34. The number of sulfone groups is 1. The van der Waals surface area contributed by atoms with Crippen molar-refractivity contribution in [2.45, 2.75) is 36.2 Å². The lowest BCUT2D eigenvalue weighted by atomic mass is 10.2. The second-order valence-electron chi connectivity index (χ2n) is 6.10. The van der Waals surface area contributed by atoms with E-state index in [9.17, 15) is 8.42 Å². The first-order chi connectivity index (χ1) is 12.3. The molecule has 138 valence electrons. The molecule has 0 unspecified atom stereocenters. The molecule has 0 amide bonds. The SMILES string of the molecule is CC(C)Cn1nnnc1SCc1nnnn1-c1ccc(S(C)(=O)=O)cc1. The highest BCUT2D eigenvalue weighted by Gasteiger charge is 2.14. The van der Waals surface area contributed by atoms with Crippen molar-refractivity contribution >= 4 is 21.6 Å². The quantitative estimate of drug-likeness (QED) is 0.540. The van der Waals surface area contributed by atoms with Gasteiger partial charge in [-0.15, -0.1) is 10.2 Å². The van der Waals surface area contributed by atoms with E-state index < -0.39 is 9.84 Å². The minimum absolute atomic E-state index is 0.248. The molecule has 2 heterocycles. The van der Waals surface area contributed by atoms with E-state index in [-0.39, 0.29) is 4.90 Å². The normalized spacial score (nSPS) is 12.0. The Kier molecular flexibility index (Phi) is 5.32. The average Bonchev–Trinajstić information content (AvgIpc) is 3.21. The number of hydrogen-bond donors (Lipinski definition) is 0. The van der Waals surface area contributed by atoms with Gasteiger partial charge in [-0.2, -0.15) is 4.68 Å². The van der Waals surface area contributed by atoms with E-state index >= 15 is 0 Å². The van der Waals surface area contributed by atoms with Gasteiger partial charge in [0.25, 0.3) is 0 Å². The fourth-order valence-electron chi connectivity index (χ4n) is 2.22. The number of benzene rings is 1. The van der Waals surface area contributed by atoms with Crippen LogP contribution in [0.1, 0.15) is 19.7 Å². The molecule has 12 heteroatoms. The molecule has 3 aromatic rings. The third-order valence-corrected chi connectivity index (χ3v) is 5.49. The summed E-state index contributed by atoms with van der Waals surface area (Å²) in [4.78, 5) is 0.248. The van der Waals surface area contributed by atoms with E-state index in [0.717, 1.165) is 6.54 Å². The van der Waals surface area contributed by atoms with Gasteiger partial charge in [0.05, 0.1) is 16.3 Å². The monoisotopic (exact) mass is 394 g/mol. The molecule has 0 saturated heterocycles. The zero-order chi connectivity index (χ0) is 18.7. The summed E-state index contributed by atoms with van der Waals surface area (Å²) in [5, 5.41) is 24.2. The molecule has 0 radical (unpaired) electrons. The number of nitrogens with zero attached hydrogens (tertiary/aromatic N) is 8. The van der Waals surface area contributed by atoms with Gasteiger partial charge < -0.3 is 0 Å². The Morgan fingerprint density at radius 3 is 2.42 bits per heavy atom. The molecule has 2 aromatic heterocycles. The summed E-state index contributed by atoms with van der Waals surface area (Å²) in [6.07, 6.45) is 1.17. The molecule has 0 atom stereocenters. The smallest absolute Gasteiger partial charge is 0.209 e. The van der Waals surface area contributed by atoms with Crippen molar-refractivity contribution < 1.29 is 8.42 Å². The molecule has 0 spiro atoms. The molecule has 26 heavy (non-hydrogen) atoms. The van der Waals surface area contributed by atoms with Crippen LogP contribution in [-0.4, -0.2) is 55.1 Å². The Labute approximate surface area is 154 Å². The minimum Gasteiger partial charge on any atom is -0.224 e. The van der Waals surface area contributed by atoms with E-state index in [1.54, 1.807) is 21.5 Å². The molecule has 0 aliphatic rings. The Bertz CT molecular complexity index is 979. The largest absolute Gasteiger partial charge is 0.224 e. The summed E-state index contributed by atoms with van der Waals surface area (Å²) >= 11 is 1.44. The molecule has 0 aliphatic carbocycles. The van der Waals surface area contributed by atoms with Crippen LogP contribution in [0.3, 0.4) is 0 Å². The summed E-state index contributed by atoms with van der Waals surface area (Å²) < 4.78 is 26.5. The number of aromatic nitrogens is 8. The van der Waals surface area contributed by atoms with Crippen LogP contribution in [0.4, 0.5) is 0 Å². The fraction of sp³-hybridized carbons (Fsp3) is 0.429. The van der Waals surface area contributed by atoms with Gasteiger partial charge in [0.2, 0.25) is 5.16 Å². The Balaban J connectivity index is 1.76. The third-order valence-electron chi connectivity index (χ3n) is 3.41. The summed E-state index contributed by atoms with van der Waals surface area (Å²) in [7, 11) is -3.24. The van der Waals surface area contributed by atoms with Gasteiger partial charge in [0.15, 0.2) is 15.7 Å². The molecule has 3 rings (SSSR count). The Morgan fingerprint density at radius 1 is 1.08 bits per heavy atom. The van der Waals surface area contributed by atoms with Crippen molar-refractivity contribution in [3.05, 3.63) is 30.1 Å². The molecular formula is C14H18N8O2S2.